The molecule has 1 aliphatic rings. The topological polar surface area (TPSA) is 60.4 Å². The highest BCUT2D eigenvalue weighted by atomic mass is 19.1. The van der Waals surface area contributed by atoms with Crippen LogP contribution in [0, 0.1) is 5.82 Å². The average molecular weight is 434 g/mol. The number of carbonyl (C=O) groups is 1. The van der Waals surface area contributed by atoms with Gasteiger partial charge in [-0.2, -0.15) is 0 Å². The lowest BCUT2D eigenvalue weighted by atomic mass is 9.94. The molecule has 0 radical (unpaired) electrons. The zero-order valence-corrected chi connectivity index (χ0v) is 18.3. The van der Waals surface area contributed by atoms with Crippen LogP contribution in [0.1, 0.15) is 11.1 Å². The Morgan fingerprint density at radius 2 is 1.62 bits per heavy atom. The lowest BCUT2D eigenvalue weighted by Gasteiger charge is -2.22. The molecular weight excluding hydrogens is 411 g/mol. The van der Waals surface area contributed by atoms with Crippen molar-refractivity contribution in [1.29, 1.82) is 0 Å². The number of nitrogens with zero attached hydrogens (tertiary/aromatic N) is 2. The molecule has 3 aromatic carbocycles. The molecule has 0 aromatic heterocycles. The van der Waals surface area contributed by atoms with Gasteiger partial charge in [0.05, 0.1) is 38.3 Å². The minimum Gasteiger partial charge on any atom is -0.497 e. The summed E-state index contributed by atoms with van der Waals surface area (Å²) in [7, 11) is 6.29. The largest absolute Gasteiger partial charge is 0.497 e. The van der Waals surface area contributed by atoms with E-state index in [1.54, 1.807) is 43.3 Å². The molecule has 0 atom stereocenters. The van der Waals surface area contributed by atoms with Crippen molar-refractivity contribution in [3.8, 4) is 28.4 Å². The highest BCUT2D eigenvalue weighted by molar-refractivity contribution is 6.20. The van der Waals surface area contributed by atoms with Crippen LogP contribution in [0.5, 0.6) is 17.2 Å². The third-order valence-electron chi connectivity index (χ3n) is 5.51. The number of aliphatic imine (C=N–C) groups is 1. The minimum absolute atomic E-state index is 0.00674. The molecule has 0 N–H and O–H groups in total. The molecule has 1 heterocycles. The maximum absolute atomic E-state index is 14.9. The summed E-state index contributed by atoms with van der Waals surface area (Å²) < 4.78 is 31.2. The molecule has 0 saturated heterocycles. The van der Waals surface area contributed by atoms with Crippen LogP contribution in [0.15, 0.2) is 59.6 Å². The number of ether oxygens (including phenoxy) is 3. The van der Waals surface area contributed by atoms with Crippen LogP contribution in [-0.4, -0.2) is 46.5 Å². The summed E-state index contributed by atoms with van der Waals surface area (Å²) in [5, 5.41) is 0. The van der Waals surface area contributed by atoms with Gasteiger partial charge in [-0.3, -0.25) is 9.79 Å². The molecule has 1 aliphatic heterocycles. The van der Waals surface area contributed by atoms with Crippen LogP contribution in [-0.2, 0) is 4.79 Å². The fourth-order valence-electron chi connectivity index (χ4n) is 3.80. The number of benzene rings is 3. The summed E-state index contributed by atoms with van der Waals surface area (Å²) in [5.41, 5.74) is 3.53. The van der Waals surface area contributed by atoms with Crippen molar-refractivity contribution < 1.29 is 23.4 Å². The molecule has 164 valence electrons. The van der Waals surface area contributed by atoms with Gasteiger partial charge in [0.25, 0.3) is 0 Å². The van der Waals surface area contributed by atoms with Crippen molar-refractivity contribution in [2.75, 3.05) is 39.8 Å². The lowest BCUT2D eigenvalue weighted by molar-refractivity contribution is -0.116. The molecule has 0 aliphatic carbocycles. The fraction of sp³-hybridized carbons (Fsp3) is 0.200. The van der Waals surface area contributed by atoms with Crippen molar-refractivity contribution in [2.24, 2.45) is 4.99 Å². The number of amides is 1. The Bertz CT molecular complexity index is 1210. The van der Waals surface area contributed by atoms with E-state index in [4.69, 9.17) is 14.2 Å². The van der Waals surface area contributed by atoms with Crippen LogP contribution in [0.2, 0.25) is 0 Å². The fourth-order valence-corrected chi connectivity index (χ4v) is 3.80. The summed E-state index contributed by atoms with van der Waals surface area (Å²) in [6.07, 6.45) is 0. The first-order valence-corrected chi connectivity index (χ1v) is 9.99. The normalized spacial score (nSPS) is 13.2. The van der Waals surface area contributed by atoms with Gasteiger partial charge in [-0.15, -0.1) is 0 Å². The van der Waals surface area contributed by atoms with E-state index < -0.39 is 5.82 Å². The third kappa shape index (κ3) is 3.66. The van der Waals surface area contributed by atoms with Gasteiger partial charge >= 0.3 is 0 Å². The van der Waals surface area contributed by atoms with E-state index in [2.05, 4.69) is 4.99 Å². The zero-order chi connectivity index (χ0) is 22.8. The van der Waals surface area contributed by atoms with E-state index in [1.165, 1.54) is 20.3 Å². The van der Waals surface area contributed by atoms with Crippen LogP contribution < -0.4 is 19.1 Å². The lowest BCUT2D eigenvalue weighted by Crippen LogP contribution is -2.27. The van der Waals surface area contributed by atoms with E-state index in [0.717, 1.165) is 5.56 Å². The molecule has 32 heavy (non-hydrogen) atoms. The SMILES string of the molecule is COc1ccc(C2=NCC(=O)N(C)c3cc(OC)c(-c4c(F)cccc4OC)cc32)cc1. The molecule has 7 heteroatoms. The highest BCUT2D eigenvalue weighted by Crippen LogP contribution is 2.42. The quantitative estimate of drug-likeness (QED) is 0.600. The molecule has 4 rings (SSSR count). The van der Waals surface area contributed by atoms with Crippen molar-refractivity contribution in [1.82, 2.24) is 0 Å². The average Bonchev–Trinajstić information content (AvgIpc) is 2.94. The summed E-state index contributed by atoms with van der Waals surface area (Å²) in [4.78, 5) is 18.8. The van der Waals surface area contributed by atoms with Crippen LogP contribution in [0.3, 0.4) is 0 Å². The molecule has 3 aromatic rings. The van der Waals surface area contributed by atoms with Crippen molar-refractivity contribution in [2.45, 2.75) is 0 Å². The zero-order valence-electron chi connectivity index (χ0n) is 18.3. The summed E-state index contributed by atoms with van der Waals surface area (Å²) in [5.74, 6) is 0.909. The number of likely N-dealkylation sites (N-methyl/N-ethyl adjacent to an activating group) is 1. The molecular formula is C25H23FN2O4. The highest BCUT2D eigenvalue weighted by Gasteiger charge is 2.27. The molecule has 0 unspecified atom stereocenters. The first-order chi connectivity index (χ1) is 15.5. The number of halogens is 1. The number of rotatable bonds is 5. The summed E-state index contributed by atoms with van der Waals surface area (Å²) in [6.45, 7) is -0.00674. The summed E-state index contributed by atoms with van der Waals surface area (Å²) in [6, 6.07) is 15.6. The Kier molecular flexibility index (Phi) is 5.81. The van der Waals surface area contributed by atoms with E-state index in [0.29, 0.717) is 39.8 Å². The maximum atomic E-state index is 14.9. The number of hydrogen-bond acceptors (Lipinski definition) is 5. The Morgan fingerprint density at radius 1 is 0.906 bits per heavy atom. The smallest absolute Gasteiger partial charge is 0.248 e. The van der Waals surface area contributed by atoms with Gasteiger partial charge in [0.15, 0.2) is 0 Å². The maximum Gasteiger partial charge on any atom is 0.248 e. The molecule has 0 bridgehead atoms. The van der Waals surface area contributed by atoms with E-state index >= 15 is 0 Å². The van der Waals surface area contributed by atoms with Gasteiger partial charge in [0.2, 0.25) is 5.91 Å². The molecule has 1 amide bonds. The first kappa shape index (κ1) is 21.4. The molecule has 0 spiro atoms. The van der Waals surface area contributed by atoms with Gasteiger partial charge < -0.3 is 19.1 Å². The number of anilines is 1. The van der Waals surface area contributed by atoms with Crippen LogP contribution >= 0.6 is 0 Å². The van der Waals surface area contributed by atoms with Gasteiger partial charge in [0.1, 0.15) is 29.6 Å². The van der Waals surface area contributed by atoms with Gasteiger partial charge in [0, 0.05) is 29.8 Å². The Morgan fingerprint density at radius 3 is 2.28 bits per heavy atom. The number of carbonyl (C=O) groups excluding carboxylic acids is 1. The predicted molar refractivity (Wildman–Crippen MR) is 122 cm³/mol. The van der Waals surface area contributed by atoms with Crippen molar-refractivity contribution in [3.05, 3.63) is 71.5 Å². The second-order valence-corrected chi connectivity index (χ2v) is 7.23. The van der Waals surface area contributed by atoms with Gasteiger partial charge in [-0.1, -0.05) is 6.07 Å². The van der Waals surface area contributed by atoms with E-state index in [1.807, 2.05) is 24.3 Å². The second kappa shape index (κ2) is 8.70. The van der Waals surface area contributed by atoms with Gasteiger partial charge in [-0.05, 0) is 42.5 Å². The molecule has 0 fully saturated rings. The number of benzodiazepines with no additional fused rings is 1. The standard InChI is InChI=1S/C25H23FN2O4/c1-28-20-13-22(32-4)18(24-19(26)6-5-7-21(24)31-3)12-17(20)25(27-14-23(28)29)15-8-10-16(30-2)11-9-15/h5-13H,14H2,1-4H3. The number of methoxy groups -OCH3 is 3. The van der Waals surface area contributed by atoms with Crippen molar-refractivity contribution >= 4 is 17.3 Å². The first-order valence-electron chi connectivity index (χ1n) is 9.99. The third-order valence-corrected chi connectivity index (χ3v) is 5.51. The van der Waals surface area contributed by atoms with E-state index in [-0.39, 0.29) is 18.0 Å². The number of hydrogen-bond donors (Lipinski definition) is 0. The number of fused-ring (bicyclic) bond motifs is 1. The van der Waals surface area contributed by atoms with Crippen molar-refractivity contribution in [3.63, 3.8) is 0 Å². The molecule has 6 nitrogen and oxygen atoms in total. The molecule has 0 saturated carbocycles. The Balaban J connectivity index is 2.00. The summed E-state index contributed by atoms with van der Waals surface area (Å²) >= 11 is 0. The van der Waals surface area contributed by atoms with Gasteiger partial charge in [-0.25, -0.2) is 4.39 Å². The second-order valence-electron chi connectivity index (χ2n) is 7.23. The monoisotopic (exact) mass is 434 g/mol. The Hall–Kier alpha value is -3.87. The van der Waals surface area contributed by atoms with Crippen LogP contribution in [0.4, 0.5) is 10.1 Å². The predicted octanol–water partition coefficient (Wildman–Crippen LogP) is 4.33. The van der Waals surface area contributed by atoms with E-state index in [9.17, 15) is 9.18 Å². The van der Waals surface area contributed by atoms with Crippen LogP contribution in [0.25, 0.3) is 11.1 Å². The Labute approximate surface area is 185 Å². The minimum atomic E-state index is -0.441.